The molecule has 2 N–H and O–H groups in total. The summed E-state index contributed by atoms with van der Waals surface area (Å²) in [4.78, 5) is 13.0. The average Bonchev–Trinajstić information content (AvgIpc) is 2.61. The van der Waals surface area contributed by atoms with Crippen LogP contribution >= 0.6 is 0 Å². The Hall–Kier alpha value is -2.70. The molecule has 0 bridgehead atoms. The zero-order valence-electron chi connectivity index (χ0n) is 14.3. The fourth-order valence-corrected chi connectivity index (χ4v) is 3.01. The van der Waals surface area contributed by atoms with Crippen LogP contribution in [0.2, 0.25) is 0 Å². The second-order valence-electron chi connectivity index (χ2n) is 5.81. The summed E-state index contributed by atoms with van der Waals surface area (Å²) in [7, 11) is 3.26. The molecule has 1 aromatic carbocycles. The molecule has 7 heteroatoms. The van der Waals surface area contributed by atoms with Crippen LogP contribution in [-0.4, -0.2) is 49.9 Å². The Morgan fingerprint density at radius 1 is 1.08 bits per heavy atom. The van der Waals surface area contributed by atoms with Crippen molar-refractivity contribution in [3.05, 3.63) is 30.3 Å². The Kier molecular flexibility index (Phi) is 4.59. The quantitative estimate of drug-likeness (QED) is 0.916. The van der Waals surface area contributed by atoms with Crippen molar-refractivity contribution >= 4 is 17.5 Å². The van der Waals surface area contributed by atoms with Crippen molar-refractivity contribution < 1.29 is 9.47 Å². The molecule has 0 aliphatic carbocycles. The van der Waals surface area contributed by atoms with E-state index in [-0.39, 0.29) is 5.95 Å². The van der Waals surface area contributed by atoms with Gasteiger partial charge in [0.1, 0.15) is 11.6 Å². The van der Waals surface area contributed by atoms with Crippen molar-refractivity contribution in [2.75, 3.05) is 49.4 Å². The van der Waals surface area contributed by atoms with Gasteiger partial charge in [-0.25, -0.2) is 0 Å². The molecule has 1 aliphatic heterocycles. The van der Waals surface area contributed by atoms with Crippen molar-refractivity contribution in [2.45, 2.75) is 13.0 Å². The maximum atomic E-state index is 5.78. The van der Waals surface area contributed by atoms with Gasteiger partial charge < -0.3 is 25.0 Å². The van der Waals surface area contributed by atoms with E-state index in [0.29, 0.717) is 11.9 Å². The van der Waals surface area contributed by atoms with Crippen LogP contribution in [0.4, 0.5) is 17.5 Å². The van der Waals surface area contributed by atoms with Crippen molar-refractivity contribution in [3.8, 4) is 11.6 Å². The van der Waals surface area contributed by atoms with Crippen LogP contribution < -0.4 is 25.0 Å². The minimum Gasteiger partial charge on any atom is -0.497 e. The van der Waals surface area contributed by atoms with E-state index < -0.39 is 0 Å². The number of nitrogens with zero attached hydrogens (tertiary/aromatic N) is 4. The third kappa shape index (κ3) is 3.29. The monoisotopic (exact) mass is 329 g/mol. The van der Waals surface area contributed by atoms with E-state index in [2.05, 4.69) is 38.8 Å². The molecule has 1 saturated heterocycles. The maximum Gasteiger partial charge on any atom is 0.225 e. The maximum absolute atomic E-state index is 5.78. The third-order valence-electron chi connectivity index (χ3n) is 4.27. The fraction of sp³-hybridized carbons (Fsp3) is 0.412. The molecule has 7 nitrogen and oxygen atoms in total. The SMILES string of the molecule is COc1ccc(N2CCN(c3cc(OC)nc(N)n3)[C@H](C)C2)cc1. The second kappa shape index (κ2) is 6.82. The molecule has 0 amide bonds. The van der Waals surface area contributed by atoms with E-state index in [1.54, 1.807) is 14.2 Å². The largest absolute Gasteiger partial charge is 0.497 e. The van der Waals surface area contributed by atoms with Crippen molar-refractivity contribution in [1.82, 2.24) is 9.97 Å². The highest BCUT2D eigenvalue weighted by molar-refractivity contribution is 5.53. The molecule has 1 fully saturated rings. The Labute approximate surface area is 142 Å². The van der Waals surface area contributed by atoms with Crippen LogP contribution in [0.5, 0.6) is 11.6 Å². The Balaban J connectivity index is 1.74. The van der Waals surface area contributed by atoms with Gasteiger partial charge in [-0.1, -0.05) is 0 Å². The average molecular weight is 329 g/mol. The summed E-state index contributed by atoms with van der Waals surface area (Å²) in [5, 5.41) is 0. The molecule has 0 radical (unpaired) electrons. The van der Waals surface area contributed by atoms with E-state index in [0.717, 1.165) is 31.2 Å². The molecule has 3 rings (SSSR count). The molecule has 2 heterocycles. The van der Waals surface area contributed by atoms with Gasteiger partial charge in [-0.15, -0.1) is 0 Å². The van der Waals surface area contributed by atoms with E-state index in [1.807, 2.05) is 18.2 Å². The summed E-state index contributed by atoms with van der Waals surface area (Å²) in [5.41, 5.74) is 6.98. The zero-order valence-corrected chi connectivity index (χ0v) is 14.3. The van der Waals surface area contributed by atoms with Gasteiger partial charge in [0.15, 0.2) is 0 Å². The number of anilines is 3. The van der Waals surface area contributed by atoms with E-state index >= 15 is 0 Å². The predicted molar refractivity (Wildman–Crippen MR) is 95.0 cm³/mol. The lowest BCUT2D eigenvalue weighted by atomic mass is 10.1. The van der Waals surface area contributed by atoms with E-state index in [4.69, 9.17) is 15.2 Å². The van der Waals surface area contributed by atoms with Gasteiger partial charge in [0.2, 0.25) is 11.8 Å². The van der Waals surface area contributed by atoms with Crippen LogP contribution in [0.25, 0.3) is 0 Å². The van der Waals surface area contributed by atoms with Crippen molar-refractivity contribution in [3.63, 3.8) is 0 Å². The molecular weight excluding hydrogens is 306 g/mol. The van der Waals surface area contributed by atoms with E-state index in [1.165, 1.54) is 5.69 Å². The van der Waals surface area contributed by atoms with Crippen LogP contribution in [0, 0.1) is 0 Å². The lowest BCUT2D eigenvalue weighted by molar-refractivity contribution is 0.397. The summed E-state index contributed by atoms with van der Waals surface area (Å²) in [6, 6.07) is 10.3. The first-order chi connectivity index (χ1) is 11.6. The molecule has 0 spiro atoms. The number of benzene rings is 1. The van der Waals surface area contributed by atoms with Gasteiger partial charge in [-0.2, -0.15) is 9.97 Å². The lowest BCUT2D eigenvalue weighted by Gasteiger charge is -2.41. The molecular formula is C17H23N5O2. The smallest absolute Gasteiger partial charge is 0.225 e. The number of piperazine rings is 1. The number of rotatable bonds is 4. The van der Waals surface area contributed by atoms with Crippen LogP contribution in [0.1, 0.15) is 6.92 Å². The number of aromatic nitrogens is 2. The van der Waals surface area contributed by atoms with Gasteiger partial charge in [-0.05, 0) is 31.2 Å². The Bertz CT molecular complexity index is 692. The van der Waals surface area contributed by atoms with Crippen LogP contribution in [0.15, 0.2) is 30.3 Å². The van der Waals surface area contributed by atoms with E-state index in [9.17, 15) is 0 Å². The normalized spacial score (nSPS) is 17.7. The van der Waals surface area contributed by atoms with Crippen molar-refractivity contribution in [2.24, 2.45) is 0 Å². The number of ether oxygens (including phenoxy) is 2. The van der Waals surface area contributed by atoms with Gasteiger partial charge in [0.05, 0.1) is 14.2 Å². The van der Waals surface area contributed by atoms with Gasteiger partial charge >= 0.3 is 0 Å². The van der Waals surface area contributed by atoms with Crippen LogP contribution in [0.3, 0.4) is 0 Å². The highest BCUT2D eigenvalue weighted by atomic mass is 16.5. The highest BCUT2D eigenvalue weighted by Gasteiger charge is 2.25. The fourth-order valence-electron chi connectivity index (χ4n) is 3.01. The predicted octanol–water partition coefficient (Wildman–Crippen LogP) is 1.79. The molecule has 24 heavy (non-hydrogen) atoms. The van der Waals surface area contributed by atoms with Gasteiger partial charge in [-0.3, -0.25) is 0 Å². The van der Waals surface area contributed by atoms with Crippen LogP contribution in [-0.2, 0) is 0 Å². The minimum atomic E-state index is 0.231. The molecule has 1 aromatic heterocycles. The van der Waals surface area contributed by atoms with Gasteiger partial charge in [0.25, 0.3) is 0 Å². The first-order valence-corrected chi connectivity index (χ1v) is 7.95. The summed E-state index contributed by atoms with van der Waals surface area (Å²) < 4.78 is 10.4. The third-order valence-corrected chi connectivity index (χ3v) is 4.27. The zero-order chi connectivity index (χ0) is 17.1. The molecule has 1 atom stereocenters. The number of nitrogen functional groups attached to an aromatic ring is 1. The Morgan fingerprint density at radius 2 is 1.83 bits per heavy atom. The standard InChI is InChI=1S/C17H23N5O2/c1-12-11-21(13-4-6-14(23-2)7-5-13)8-9-22(12)15-10-16(24-3)20-17(18)19-15/h4-7,10,12H,8-9,11H2,1-3H3,(H2,18,19,20)/t12-/m1/s1. The summed E-state index contributed by atoms with van der Waals surface area (Å²) in [5.74, 6) is 2.40. The first-order valence-electron chi connectivity index (χ1n) is 7.95. The second-order valence-corrected chi connectivity index (χ2v) is 5.81. The summed E-state index contributed by atoms with van der Waals surface area (Å²) in [6.45, 7) is 4.84. The Morgan fingerprint density at radius 3 is 2.46 bits per heavy atom. The molecule has 0 saturated carbocycles. The molecule has 0 unspecified atom stereocenters. The minimum absolute atomic E-state index is 0.231. The number of nitrogens with two attached hydrogens (primary N) is 1. The summed E-state index contributed by atoms with van der Waals surface area (Å²) in [6.07, 6.45) is 0. The molecule has 1 aliphatic rings. The molecule has 2 aromatic rings. The topological polar surface area (TPSA) is 76.7 Å². The lowest BCUT2D eigenvalue weighted by Crippen LogP contribution is -2.52. The van der Waals surface area contributed by atoms with Crippen molar-refractivity contribution in [1.29, 1.82) is 0 Å². The molecule has 128 valence electrons. The number of hydrogen-bond acceptors (Lipinski definition) is 7. The highest BCUT2D eigenvalue weighted by Crippen LogP contribution is 2.26. The summed E-state index contributed by atoms with van der Waals surface area (Å²) >= 11 is 0. The number of hydrogen-bond donors (Lipinski definition) is 1. The first kappa shape index (κ1) is 16.2. The number of methoxy groups -OCH3 is 2. The van der Waals surface area contributed by atoms with Gasteiger partial charge in [0, 0.05) is 37.4 Å².